The second-order valence-corrected chi connectivity index (χ2v) is 3.04. The van der Waals surface area contributed by atoms with Gasteiger partial charge in [-0.25, -0.2) is 0 Å². The van der Waals surface area contributed by atoms with Crippen LogP contribution in [0.25, 0.3) is 0 Å². The van der Waals surface area contributed by atoms with Gasteiger partial charge in [0.15, 0.2) is 0 Å². The van der Waals surface area contributed by atoms with E-state index in [0.717, 1.165) is 0 Å². The number of rotatable bonds is 4. The molecule has 0 aromatic heterocycles. The van der Waals surface area contributed by atoms with Crippen LogP contribution in [0.1, 0.15) is 5.56 Å². The summed E-state index contributed by atoms with van der Waals surface area (Å²) in [7, 11) is -1.63. The van der Waals surface area contributed by atoms with Crippen LogP contribution in [-0.2, 0) is 16.1 Å². The van der Waals surface area contributed by atoms with Crippen LogP contribution < -0.4 is 5.46 Å². The van der Waals surface area contributed by atoms with Crippen LogP contribution in [0.4, 0.5) is 0 Å². The molecule has 0 amide bonds. The van der Waals surface area contributed by atoms with Crippen LogP contribution in [0, 0.1) is 0 Å². The summed E-state index contributed by atoms with van der Waals surface area (Å²) in [6.07, 6.45) is 0. The number of benzene rings is 1. The minimum absolute atomic E-state index is 0.0837. The SMILES string of the molecule is O=COCc1ccc(Cl)c(B(O)O)c1. The van der Waals surface area contributed by atoms with E-state index in [0.29, 0.717) is 12.0 Å². The van der Waals surface area contributed by atoms with Crippen LogP contribution >= 0.6 is 11.6 Å². The Kier molecular flexibility index (Phi) is 3.94. The first-order valence-corrected chi connectivity index (χ1v) is 4.22. The van der Waals surface area contributed by atoms with E-state index >= 15 is 0 Å². The molecule has 2 N–H and O–H groups in total. The van der Waals surface area contributed by atoms with Crippen molar-refractivity contribution in [2.24, 2.45) is 0 Å². The molecule has 0 aliphatic carbocycles. The van der Waals surface area contributed by atoms with Gasteiger partial charge in [-0.05, 0) is 11.6 Å². The molecule has 0 saturated carbocycles. The highest BCUT2D eigenvalue weighted by Gasteiger charge is 2.15. The number of carbonyl (C=O) groups is 1. The lowest BCUT2D eigenvalue weighted by Crippen LogP contribution is -2.31. The molecular formula is C8H8BClO4. The topological polar surface area (TPSA) is 66.8 Å². The summed E-state index contributed by atoms with van der Waals surface area (Å²) >= 11 is 5.69. The molecule has 0 radical (unpaired) electrons. The van der Waals surface area contributed by atoms with Gasteiger partial charge < -0.3 is 14.8 Å². The molecule has 0 unspecified atom stereocenters. The molecule has 0 bridgehead atoms. The predicted molar refractivity (Wildman–Crippen MR) is 52.1 cm³/mol. The second kappa shape index (κ2) is 5.00. The highest BCUT2D eigenvalue weighted by molar-refractivity contribution is 6.62. The number of hydrogen-bond donors (Lipinski definition) is 2. The van der Waals surface area contributed by atoms with Gasteiger partial charge in [0.25, 0.3) is 6.47 Å². The van der Waals surface area contributed by atoms with Gasteiger partial charge in [-0.3, -0.25) is 4.79 Å². The van der Waals surface area contributed by atoms with Gasteiger partial charge in [-0.1, -0.05) is 23.7 Å². The third-order valence-electron chi connectivity index (χ3n) is 1.66. The lowest BCUT2D eigenvalue weighted by molar-refractivity contribution is -0.129. The van der Waals surface area contributed by atoms with Crippen molar-refractivity contribution in [1.29, 1.82) is 0 Å². The summed E-state index contributed by atoms with van der Waals surface area (Å²) < 4.78 is 4.51. The zero-order valence-electron chi connectivity index (χ0n) is 7.18. The van der Waals surface area contributed by atoms with E-state index in [-0.39, 0.29) is 17.1 Å². The van der Waals surface area contributed by atoms with Gasteiger partial charge in [0.05, 0.1) is 0 Å². The van der Waals surface area contributed by atoms with Gasteiger partial charge in [-0.2, -0.15) is 0 Å². The Morgan fingerprint density at radius 3 is 2.79 bits per heavy atom. The molecule has 1 aromatic carbocycles. The maximum absolute atomic E-state index is 9.92. The molecule has 0 heterocycles. The summed E-state index contributed by atoms with van der Waals surface area (Å²) in [5.74, 6) is 0. The third-order valence-corrected chi connectivity index (χ3v) is 2.00. The molecule has 6 heteroatoms. The fourth-order valence-electron chi connectivity index (χ4n) is 1.01. The standard InChI is InChI=1S/C8H8BClO4/c10-8-2-1-6(4-14-5-11)3-7(8)9(12)13/h1-3,5,12-13H,4H2. The highest BCUT2D eigenvalue weighted by atomic mass is 35.5. The monoisotopic (exact) mass is 214 g/mol. The van der Waals surface area contributed by atoms with E-state index in [4.69, 9.17) is 21.6 Å². The van der Waals surface area contributed by atoms with Crippen molar-refractivity contribution in [2.45, 2.75) is 6.61 Å². The van der Waals surface area contributed by atoms with Gasteiger partial charge in [0.1, 0.15) is 6.61 Å². The van der Waals surface area contributed by atoms with Crippen LogP contribution in [0.3, 0.4) is 0 Å². The minimum Gasteiger partial charge on any atom is -0.463 e. The first kappa shape index (κ1) is 11.0. The molecule has 0 aliphatic heterocycles. The van der Waals surface area contributed by atoms with Crippen molar-refractivity contribution in [3.8, 4) is 0 Å². The molecule has 0 atom stereocenters. The molecule has 0 aliphatic rings. The smallest absolute Gasteiger partial charge is 0.463 e. The Morgan fingerprint density at radius 2 is 2.21 bits per heavy atom. The number of halogens is 1. The van der Waals surface area contributed by atoms with E-state index in [1.165, 1.54) is 12.1 Å². The zero-order valence-corrected chi connectivity index (χ0v) is 7.94. The van der Waals surface area contributed by atoms with Gasteiger partial charge in [0.2, 0.25) is 0 Å². The Labute approximate surface area is 86.2 Å². The van der Waals surface area contributed by atoms with Gasteiger partial charge in [-0.15, -0.1) is 0 Å². The second-order valence-electron chi connectivity index (χ2n) is 2.64. The third kappa shape index (κ3) is 2.73. The largest absolute Gasteiger partial charge is 0.489 e. The summed E-state index contributed by atoms with van der Waals surface area (Å²) in [4.78, 5) is 9.92. The molecule has 1 aromatic rings. The molecule has 4 nitrogen and oxygen atoms in total. The van der Waals surface area contributed by atoms with Crippen molar-refractivity contribution in [3.05, 3.63) is 28.8 Å². The first-order valence-electron chi connectivity index (χ1n) is 3.85. The number of hydrogen-bond acceptors (Lipinski definition) is 4. The van der Waals surface area contributed by atoms with Crippen molar-refractivity contribution in [1.82, 2.24) is 0 Å². The molecule has 0 spiro atoms. The summed E-state index contributed by atoms with van der Waals surface area (Å²) in [5.41, 5.74) is 0.836. The summed E-state index contributed by atoms with van der Waals surface area (Å²) in [6.45, 7) is 0.407. The van der Waals surface area contributed by atoms with Crippen LogP contribution in [-0.4, -0.2) is 23.6 Å². The Hall–Kier alpha value is -1.04. The van der Waals surface area contributed by atoms with Crippen molar-refractivity contribution >= 4 is 30.7 Å². The van der Waals surface area contributed by atoms with Crippen LogP contribution in [0.5, 0.6) is 0 Å². The zero-order chi connectivity index (χ0) is 10.6. The Bertz CT molecular complexity index is 329. The Morgan fingerprint density at radius 1 is 1.50 bits per heavy atom. The van der Waals surface area contributed by atoms with E-state index in [1.807, 2.05) is 0 Å². The Balaban J connectivity index is 2.88. The molecule has 0 saturated heterocycles. The maximum atomic E-state index is 9.92. The lowest BCUT2D eigenvalue weighted by atomic mass is 9.79. The lowest BCUT2D eigenvalue weighted by Gasteiger charge is -2.05. The maximum Gasteiger partial charge on any atom is 0.489 e. The molecule has 0 fully saturated rings. The van der Waals surface area contributed by atoms with Gasteiger partial charge in [0, 0.05) is 10.5 Å². The highest BCUT2D eigenvalue weighted by Crippen LogP contribution is 2.08. The molecule has 74 valence electrons. The van der Waals surface area contributed by atoms with E-state index < -0.39 is 7.12 Å². The minimum atomic E-state index is -1.63. The van der Waals surface area contributed by atoms with E-state index in [2.05, 4.69) is 4.74 Å². The summed E-state index contributed by atoms with van der Waals surface area (Å²) in [6, 6.07) is 4.62. The van der Waals surface area contributed by atoms with Crippen molar-refractivity contribution in [3.63, 3.8) is 0 Å². The number of carbonyl (C=O) groups excluding carboxylic acids is 1. The quantitative estimate of drug-likeness (QED) is 0.533. The first-order chi connectivity index (χ1) is 6.65. The van der Waals surface area contributed by atoms with Crippen molar-refractivity contribution in [2.75, 3.05) is 0 Å². The number of ether oxygens (including phenoxy) is 1. The molecule has 1 rings (SSSR count). The van der Waals surface area contributed by atoms with Crippen molar-refractivity contribution < 1.29 is 19.6 Å². The molecular weight excluding hydrogens is 206 g/mol. The average Bonchev–Trinajstić information content (AvgIpc) is 2.16. The fraction of sp³-hybridized carbons (Fsp3) is 0.125. The predicted octanol–water partition coefficient (Wildman–Crippen LogP) is -0.307. The van der Waals surface area contributed by atoms with E-state index in [9.17, 15) is 4.79 Å². The van der Waals surface area contributed by atoms with Gasteiger partial charge >= 0.3 is 7.12 Å². The normalized spacial score (nSPS) is 9.64. The van der Waals surface area contributed by atoms with Crippen LogP contribution in [0.15, 0.2) is 18.2 Å². The fourth-order valence-corrected chi connectivity index (χ4v) is 1.23. The molecule has 14 heavy (non-hydrogen) atoms. The average molecular weight is 214 g/mol. The summed E-state index contributed by atoms with van der Waals surface area (Å²) in [5, 5.41) is 18.1. The van der Waals surface area contributed by atoms with E-state index in [1.54, 1.807) is 6.07 Å². The van der Waals surface area contributed by atoms with Crippen LogP contribution in [0.2, 0.25) is 5.02 Å².